The van der Waals surface area contributed by atoms with E-state index in [9.17, 15) is 24.6 Å². The van der Waals surface area contributed by atoms with Crippen LogP contribution in [0, 0.1) is 11.8 Å². The summed E-state index contributed by atoms with van der Waals surface area (Å²) in [5.41, 5.74) is -1.14. The zero-order valence-corrected chi connectivity index (χ0v) is 16.7. The highest BCUT2D eigenvalue weighted by Crippen LogP contribution is 2.59. The maximum atomic E-state index is 13.6. The van der Waals surface area contributed by atoms with Crippen LogP contribution in [-0.4, -0.2) is 80.8 Å². The number of aliphatic hydroxyl groups is 1. The second-order valence-electron chi connectivity index (χ2n) is 8.26. The number of aliphatic carboxylic acids is 1. The van der Waals surface area contributed by atoms with Crippen molar-refractivity contribution in [2.75, 3.05) is 13.2 Å². The normalized spacial score (nSPS) is 34.6. The van der Waals surface area contributed by atoms with E-state index in [1.54, 1.807) is 11.0 Å². The summed E-state index contributed by atoms with van der Waals surface area (Å²) in [6.45, 7) is 9.34. The van der Waals surface area contributed by atoms with E-state index in [1.807, 2.05) is 20.8 Å². The number of ether oxygens (including phenoxy) is 1. The van der Waals surface area contributed by atoms with Crippen LogP contribution in [-0.2, 0) is 19.1 Å². The lowest BCUT2D eigenvalue weighted by molar-refractivity contribution is -0.154. The van der Waals surface area contributed by atoms with Gasteiger partial charge in [-0.2, -0.15) is 0 Å². The number of fused-ring (bicyclic) bond motifs is 1. The smallest absolute Gasteiger partial charge is 0.310 e. The summed E-state index contributed by atoms with van der Waals surface area (Å²) in [5, 5.41) is 19.6. The van der Waals surface area contributed by atoms with E-state index in [4.69, 9.17) is 4.74 Å². The summed E-state index contributed by atoms with van der Waals surface area (Å²) in [6, 6.07) is -1.61. The Hall–Kier alpha value is -1.93. The van der Waals surface area contributed by atoms with Crippen molar-refractivity contribution in [3.05, 3.63) is 12.7 Å². The number of carbonyl (C=O) groups excluding carboxylic acids is 2. The molecule has 2 amide bonds. The summed E-state index contributed by atoms with van der Waals surface area (Å²) in [7, 11) is 0. The zero-order chi connectivity index (χ0) is 20.8. The molecule has 3 heterocycles. The predicted octanol–water partition coefficient (Wildman–Crippen LogP) is 0.640. The average molecular weight is 394 g/mol. The van der Waals surface area contributed by atoms with Gasteiger partial charge in [0.1, 0.15) is 11.6 Å². The molecule has 0 aromatic rings. The number of aliphatic hydroxyl groups excluding tert-OH is 1. The van der Waals surface area contributed by atoms with Crippen LogP contribution < -0.4 is 0 Å². The first kappa shape index (κ1) is 20.8. The highest BCUT2D eigenvalue weighted by Gasteiger charge is 2.75. The lowest BCUT2D eigenvalue weighted by Gasteiger charge is -2.40. The van der Waals surface area contributed by atoms with Crippen LogP contribution in [0.15, 0.2) is 12.7 Å². The van der Waals surface area contributed by atoms with Gasteiger partial charge in [0.15, 0.2) is 0 Å². The van der Waals surface area contributed by atoms with Gasteiger partial charge in [-0.05, 0) is 33.1 Å². The van der Waals surface area contributed by atoms with Crippen molar-refractivity contribution in [2.24, 2.45) is 11.8 Å². The fraction of sp³-hybridized carbons (Fsp3) is 0.750. The lowest BCUT2D eigenvalue weighted by atomic mass is 9.70. The van der Waals surface area contributed by atoms with Crippen molar-refractivity contribution in [2.45, 2.75) is 69.9 Å². The van der Waals surface area contributed by atoms with Crippen molar-refractivity contribution < 1.29 is 29.3 Å². The minimum Gasteiger partial charge on any atom is -0.481 e. The fourth-order valence-corrected chi connectivity index (χ4v) is 5.31. The maximum Gasteiger partial charge on any atom is 0.310 e. The van der Waals surface area contributed by atoms with Gasteiger partial charge in [-0.1, -0.05) is 13.0 Å². The first-order chi connectivity index (χ1) is 13.2. The van der Waals surface area contributed by atoms with Gasteiger partial charge < -0.3 is 24.7 Å². The molecule has 3 fully saturated rings. The quantitative estimate of drug-likeness (QED) is 0.585. The topological polar surface area (TPSA) is 107 Å². The second-order valence-corrected chi connectivity index (χ2v) is 8.26. The molecule has 156 valence electrons. The van der Waals surface area contributed by atoms with E-state index in [0.29, 0.717) is 25.8 Å². The average Bonchev–Trinajstić information content (AvgIpc) is 3.28. The SMILES string of the molecule is C=CCN(C(=O)[C@H]1N([C@@H](CC)CO)C(=O)[C@@H]2[C@@H](C(=O)O)[C@H]3CC[C@]21O3)C(C)C. The van der Waals surface area contributed by atoms with Crippen LogP contribution >= 0.6 is 0 Å². The van der Waals surface area contributed by atoms with Crippen molar-refractivity contribution in [1.29, 1.82) is 0 Å². The van der Waals surface area contributed by atoms with E-state index in [-0.39, 0.29) is 18.6 Å². The van der Waals surface area contributed by atoms with Crippen LogP contribution in [0.25, 0.3) is 0 Å². The highest BCUT2D eigenvalue weighted by atomic mass is 16.5. The number of hydrogen-bond donors (Lipinski definition) is 2. The Labute approximate surface area is 165 Å². The molecule has 8 nitrogen and oxygen atoms in total. The molecule has 3 saturated heterocycles. The van der Waals surface area contributed by atoms with Gasteiger partial charge in [0.05, 0.1) is 30.6 Å². The molecule has 0 aromatic carbocycles. The Morgan fingerprint density at radius 1 is 1.46 bits per heavy atom. The van der Waals surface area contributed by atoms with Crippen LogP contribution in [0.3, 0.4) is 0 Å². The fourth-order valence-electron chi connectivity index (χ4n) is 5.31. The minimum absolute atomic E-state index is 0.124. The number of carboxylic acids is 1. The van der Waals surface area contributed by atoms with Crippen molar-refractivity contribution in [1.82, 2.24) is 9.80 Å². The van der Waals surface area contributed by atoms with E-state index in [1.165, 1.54) is 4.90 Å². The third kappa shape index (κ3) is 2.76. The third-order valence-corrected chi connectivity index (χ3v) is 6.56. The monoisotopic (exact) mass is 394 g/mol. The zero-order valence-electron chi connectivity index (χ0n) is 16.7. The molecule has 0 saturated carbocycles. The van der Waals surface area contributed by atoms with Gasteiger partial charge in [0, 0.05) is 12.6 Å². The van der Waals surface area contributed by atoms with E-state index in [2.05, 4.69) is 6.58 Å². The molecular weight excluding hydrogens is 364 g/mol. The Kier molecular flexibility index (Phi) is 5.55. The molecule has 2 bridgehead atoms. The van der Waals surface area contributed by atoms with Gasteiger partial charge >= 0.3 is 5.97 Å². The Morgan fingerprint density at radius 2 is 2.14 bits per heavy atom. The molecule has 1 spiro atoms. The molecule has 8 heteroatoms. The summed E-state index contributed by atoms with van der Waals surface area (Å²) >= 11 is 0. The van der Waals surface area contributed by atoms with Crippen LogP contribution in [0.5, 0.6) is 0 Å². The Bertz CT molecular complexity index is 676. The molecule has 0 aromatic heterocycles. The van der Waals surface area contributed by atoms with E-state index >= 15 is 0 Å². The molecule has 0 aliphatic carbocycles. The Morgan fingerprint density at radius 3 is 2.64 bits per heavy atom. The number of amides is 2. The summed E-state index contributed by atoms with van der Waals surface area (Å²) in [5.74, 6) is -3.58. The molecule has 0 unspecified atom stereocenters. The van der Waals surface area contributed by atoms with Crippen molar-refractivity contribution in [3.63, 3.8) is 0 Å². The molecule has 28 heavy (non-hydrogen) atoms. The highest BCUT2D eigenvalue weighted by molar-refractivity contribution is 5.98. The lowest BCUT2D eigenvalue weighted by Crippen LogP contribution is -2.59. The molecule has 0 radical (unpaired) electrons. The minimum atomic E-state index is -1.14. The standard InChI is InChI=1S/C20H30N2O6/c1-5-9-21(11(3)4)18(25)16-20-8-7-13(28-20)14(19(26)27)15(20)17(24)22(16)12(6-2)10-23/h5,11-16,23H,1,6-10H2,2-4H3,(H,26,27)/t12-,13+,14-,15-,16+,20-/m0/s1. The first-order valence-electron chi connectivity index (χ1n) is 10.00. The number of rotatable bonds is 8. The molecule has 2 N–H and O–H groups in total. The van der Waals surface area contributed by atoms with Gasteiger partial charge in [-0.3, -0.25) is 14.4 Å². The molecule has 6 atom stereocenters. The van der Waals surface area contributed by atoms with Gasteiger partial charge in [0.2, 0.25) is 11.8 Å². The molecule has 3 rings (SSSR count). The van der Waals surface area contributed by atoms with Gasteiger partial charge in [-0.25, -0.2) is 0 Å². The van der Waals surface area contributed by atoms with Gasteiger partial charge in [-0.15, -0.1) is 6.58 Å². The van der Waals surface area contributed by atoms with Crippen molar-refractivity contribution in [3.8, 4) is 0 Å². The summed E-state index contributed by atoms with van der Waals surface area (Å²) in [6.07, 6.45) is 2.51. The predicted molar refractivity (Wildman–Crippen MR) is 100 cm³/mol. The molecule has 3 aliphatic heterocycles. The van der Waals surface area contributed by atoms with Crippen LogP contribution in [0.2, 0.25) is 0 Å². The molecule has 3 aliphatic rings. The number of hydrogen-bond acceptors (Lipinski definition) is 5. The Balaban J connectivity index is 2.10. The second kappa shape index (κ2) is 7.48. The number of carbonyl (C=O) groups is 3. The summed E-state index contributed by atoms with van der Waals surface area (Å²) < 4.78 is 6.14. The van der Waals surface area contributed by atoms with E-state index < -0.39 is 47.5 Å². The maximum absolute atomic E-state index is 13.6. The largest absolute Gasteiger partial charge is 0.481 e. The first-order valence-corrected chi connectivity index (χ1v) is 10.00. The van der Waals surface area contributed by atoms with Gasteiger partial charge in [0.25, 0.3) is 0 Å². The third-order valence-electron chi connectivity index (χ3n) is 6.56. The molecular formula is C20H30N2O6. The number of carboxylic acid groups (broad SMARTS) is 1. The van der Waals surface area contributed by atoms with Crippen LogP contribution in [0.4, 0.5) is 0 Å². The van der Waals surface area contributed by atoms with Crippen LogP contribution in [0.1, 0.15) is 40.0 Å². The number of likely N-dealkylation sites (tertiary alicyclic amines) is 1. The van der Waals surface area contributed by atoms with Crippen molar-refractivity contribution >= 4 is 17.8 Å². The number of nitrogens with zero attached hydrogens (tertiary/aromatic N) is 2. The summed E-state index contributed by atoms with van der Waals surface area (Å²) in [4.78, 5) is 42.0. The van der Waals surface area contributed by atoms with E-state index in [0.717, 1.165) is 0 Å².